The quantitative estimate of drug-likeness (QED) is 0.0925. The van der Waals surface area contributed by atoms with Gasteiger partial charge in [-0.1, -0.05) is 47.5 Å². The zero-order chi connectivity index (χ0) is 53.3. The van der Waals surface area contributed by atoms with Crippen LogP contribution in [0.1, 0.15) is 21.2 Å². The lowest BCUT2D eigenvalue weighted by Crippen LogP contribution is -2.50. The van der Waals surface area contributed by atoms with Gasteiger partial charge in [-0.3, -0.25) is 14.4 Å². The molecule has 3 amide bonds. The van der Waals surface area contributed by atoms with Gasteiger partial charge in [0.05, 0.1) is 17.4 Å². The number of benzene rings is 4. The number of nitrogens with zero attached hydrogens (tertiary/aromatic N) is 8. The molecular formula is C53H47Cl2F2N9O8S2. The van der Waals surface area contributed by atoms with Gasteiger partial charge in [-0.05, 0) is 96.1 Å². The van der Waals surface area contributed by atoms with Gasteiger partial charge in [-0.25, -0.2) is 33.5 Å². The number of fused-ring (bicyclic) bond motifs is 2. The van der Waals surface area contributed by atoms with Crippen LogP contribution in [0.3, 0.4) is 0 Å². The van der Waals surface area contributed by atoms with Crippen LogP contribution in [0.2, 0.25) is 10.0 Å². The van der Waals surface area contributed by atoms with Crippen LogP contribution in [-0.2, 0) is 14.3 Å². The van der Waals surface area contributed by atoms with Crippen molar-refractivity contribution in [3.05, 3.63) is 143 Å². The van der Waals surface area contributed by atoms with Gasteiger partial charge in [0.1, 0.15) is 44.4 Å². The summed E-state index contributed by atoms with van der Waals surface area (Å²) in [5.41, 5.74) is 1.65. The Morgan fingerprint density at radius 1 is 0.592 bits per heavy atom. The highest BCUT2D eigenvalue weighted by Gasteiger charge is 2.28. The number of methoxy groups -OCH3 is 1. The van der Waals surface area contributed by atoms with Crippen LogP contribution in [0.5, 0.6) is 11.5 Å². The molecule has 0 bridgehead atoms. The number of carboxylic acids is 1. The van der Waals surface area contributed by atoms with E-state index in [2.05, 4.69) is 30.2 Å². The van der Waals surface area contributed by atoms with Gasteiger partial charge in [0.2, 0.25) is 11.6 Å². The molecule has 2 fully saturated rings. The first-order chi connectivity index (χ1) is 36.8. The Labute approximate surface area is 452 Å². The molecule has 0 radical (unpaired) electrons. The maximum absolute atomic E-state index is 13.5. The number of thiophene rings is 2. The van der Waals surface area contributed by atoms with Crippen LogP contribution in [0, 0.1) is 11.6 Å². The number of aromatic nitrogens is 4. The van der Waals surface area contributed by atoms with Crippen LogP contribution in [-0.4, -0.2) is 144 Å². The molecule has 0 saturated carbocycles. The monoisotopic (exact) mass is 1110 g/mol. The lowest BCUT2D eigenvalue weighted by atomic mass is 10.1. The molecule has 392 valence electrons. The number of aromatic carboxylic acids is 1. The first-order valence-corrected chi connectivity index (χ1v) is 26.1. The molecule has 8 aromatic rings. The fraction of sp³-hybridized carbons (Fsp3) is 0.245. The number of carboxylic acid groups (broad SMARTS) is 1. The van der Waals surface area contributed by atoms with Crippen molar-refractivity contribution in [2.75, 3.05) is 95.6 Å². The third-order valence-electron chi connectivity index (χ3n) is 12.2. The molecule has 2 aliphatic rings. The number of hydrogen-bond acceptors (Lipinski definition) is 15. The minimum atomic E-state index is -1.22. The molecule has 2 N–H and O–H groups in total. The van der Waals surface area contributed by atoms with E-state index in [-0.39, 0.29) is 48.3 Å². The van der Waals surface area contributed by atoms with E-state index in [1.165, 1.54) is 46.9 Å². The smallest absolute Gasteiger partial charge is 0.374 e. The Bertz CT molecular complexity index is 3360. The highest BCUT2D eigenvalue weighted by Crippen LogP contribution is 2.39. The number of carbonyl (C=O) groups excluding carboxylic acids is 3. The average Bonchev–Trinajstić information content (AvgIpc) is 4.11. The van der Waals surface area contributed by atoms with E-state index in [4.69, 9.17) is 37.4 Å². The number of carbonyl (C=O) groups is 4. The topological polar surface area (TPSA) is 193 Å². The first-order valence-electron chi connectivity index (χ1n) is 23.8. The highest BCUT2D eigenvalue weighted by atomic mass is 35.5. The van der Waals surface area contributed by atoms with Crippen molar-refractivity contribution in [2.24, 2.45) is 0 Å². The summed E-state index contributed by atoms with van der Waals surface area (Å²) in [5.74, 6) is -0.495. The highest BCUT2D eigenvalue weighted by molar-refractivity contribution is 7.22. The summed E-state index contributed by atoms with van der Waals surface area (Å²) < 4.78 is 43.1. The van der Waals surface area contributed by atoms with Crippen molar-refractivity contribution in [1.29, 1.82) is 0 Å². The average molecular weight is 1110 g/mol. The number of anilines is 2. The summed E-state index contributed by atoms with van der Waals surface area (Å²) in [4.78, 5) is 78.1. The number of rotatable bonds is 15. The second-order valence-corrected chi connectivity index (χ2v) is 20.1. The Morgan fingerprint density at radius 2 is 1.00 bits per heavy atom. The fourth-order valence-corrected chi connectivity index (χ4v) is 10.5. The minimum Gasteiger partial charge on any atom is -0.484 e. The molecule has 0 spiro atoms. The van der Waals surface area contributed by atoms with E-state index in [1.807, 2.05) is 17.0 Å². The summed E-state index contributed by atoms with van der Waals surface area (Å²) in [6.45, 7) is 4.33. The Hall–Kier alpha value is -7.56. The van der Waals surface area contributed by atoms with E-state index in [0.29, 0.717) is 108 Å². The van der Waals surface area contributed by atoms with Gasteiger partial charge >= 0.3 is 5.97 Å². The van der Waals surface area contributed by atoms with E-state index in [0.717, 1.165) is 31.7 Å². The maximum Gasteiger partial charge on any atom is 0.374 e. The van der Waals surface area contributed by atoms with Gasteiger partial charge < -0.3 is 44.2 Å². The molecule has 0 unspecified atom stereocenters. The summed E-state index contributed by atoms with van der Waals surface area (Å²) in [7, 11) is 1.56. The van der Waals surface area contributed by atoms with Crippen molar-refractivity contribution in [3.63, 3.8) is 0 Å². The molecule has 0 aliphatic carbocycles. The van der Waals surface area contributed by atoms with Crippen LogP contribution in [0.15, 0.2) is 109 Å². The standard InChI is InChI=1S/C28H27ClFN5O4S.C25H20ClFN4O4S/c1-38-15-10-31-27(37)25-32-26(22-16-23(40-28(22)33-25)18-2-6-20(30)7-3-18)35-13-11-34(12-14-35)24(36)17-39-21-8-4-19(29)5-9-21;26-16-3-7-18(8-4-16)35-14-21(32)30-9-11-31(12-10-30)23-19-13-20(15-1-5-17(27)6-2-15)36-24(19)29-22(28-23)25(33)34/h2-9,16H,10-15,17H2,1H3,(H,31,37);1-8,13H,9-12,14H2,(H,33,34). The Morgan fingerprint density at radius 3 is 1.41 bits per heavy atom. The second-order valence-electron chi connectivity index (χ2n) is 17.2. The lowest BCUT2D eigenvalue weighted by Gasteiger charge is -2.35. The summed E-state index contributed by atoms with van der Waals surface area (Å²) in [5, 5.41) is 15.0. The molecule has 17 nitrogen and oxygen atoms in total. The summed E-state index contributed by atoms with van der Waals surface area (Å²) in [6, 6.07) is 29.8. The van der Waals surface area contributed by atoms with E-state index >= 15 is 0 Å². The summed E-state index contributed by atoms with van der Waals surface area (Å²) in [6.07, 6.45) is 0. The zero-order valence-corrected chi connectivity index (χ0v) is 43.7. The van der Waals surface area contributed by atoms with Gasteiger partial charge in [-0.15, -0.1) is 22.7 Å². The maximum atomic E-state index is 13.5. The van der Waals surface area contributed by atoms with Crippen molar-refractivity contribution < 1.29 is 47.3 Å². The minimum absolute atomic E-state index is 0.0565. The third kappa shape index (κ3) is 13.1. The van der Waals surface area contributed by atoms with Crippen molar-refractivity contribution in [3.8, 4) is 32.4 Å². The van der Waals surface area contributed by atoms with E-state index in [1.54, 1.807) is 89.7 Å². The number of amides is 3. The predicted octanol–water partition coefficient (Wildman–Crippen LogP) is 8.83. The molecule has 4 aromatic carbocycles. The van der Waals surface area contributed by atoms with Gasteiger partial charge in [0.25, 0.3) is 17.7 Å². The third-order valence-corrected chi connectivity index (χ3v) is 14.9. The number of ether oxygens (including phenoxy) is 3. The van der Waals surface area contributed by atoms with Crippen LogP contribution < -0.4 is 24.6 Å². The number of halogens is 4. The van der Waals surface area contributed by atoms with Gasteiger partial charge in [0, 0.05) is 85.8 Å². The van der Waals surface area contributed by atoms with Crippen molar-refractivity contribution in [1.82, 2.24) is 35.1 Å². The molecule has 76 heavy (non-hydrogen) atoms. The lowest BCUT2D eigenvalue weighted by molar-refractivity contribution is -0.134. The molecule has 2 saturated heterocycles. The molecule has 10 rings (SSSR count). The normalized spacial score (nSPS) is 13.6. The van der Waals surface area contributed by atoms with Gasteiger partial charge in [-0.2, -0.15) is 0 Å². The van der Waals surface area contributed by atoms with Crippen molar-refractivity contribution >= 4 is 102 Å². The molecule has 6 heterocycles. The fourth-order valence-electron chi connectivity index (χ4n) is 8.22. The molecular weight excluding hydrogens is 1060 g/mol. The van der Waals surface area contributed by atoms with Crippen LogP contribution in [0.25, 0.3) is 41.3 Å². The molecule has 23 heteroatoms. The van der Waals surface area contributed by atoms with Gasteiger partial charge in [0.15, 0.2) is 13.2 Å². The molecule has 2 aliphatic heterocycles. The van der Waals surface area contributed by atoms with Crippen LogP contribution >= 0.6 is 45.9 Å². The summed E-state index contributed by atoms with van der Waals surface area (Å²) >= 11 is 14.5. The van der Waals surface area contributed by atoms with Crippen molar-refractivity contribution in [2.45, 2.75) is 0 Å². The zero-order valence-electron chi connectivity index (χ0n) is 40.6. The first kappa shape index (κ1) is 53.3. The number of piperazine rings is 2. The molecule has 4 aromatic heterocycles. The SMILES string of the molecule is COCCNC(=O)c1nc(N2CCN(C(=O)COc3ccc(Cl)cc3)CC2)c2cc(-c3ccc(F)cc3)sc2n1.O=C(O)c1nc(N2CCN(C(=O)COc3ccc(Cl)cc3)CC2)c2cc(-c3ccc(F)cc3)sc2n1. The number of nitrogens with one attached hydrogen (secondary N) is 1. The van der Waals surface area contributed by atoms with E-state index in [9.17, 15) is 33.1 Å². The predicted molar refractivity (Wildman–Crippen MR) is 288 cm³/mol. The second kappa shape index (κ2) is 24.4. The number of hydrogen-bond donors (Lipinski definition) is 2. The van der Waals surface area contributed by atoms with Crippen LogP contribution in [0.4, 0.5) is 20.4 Å². The molecule has 0 atom stereocenters. The Balaban J connectivity index is 0.000000187. The Kier molecular flexibility index (Phi) is 17.1. The largest absolute Gasteiger partial charge is 0.484 e. The van der Waals surface area contributed by atoms with E-state index < -0.39 is 11.9 Å².